The fourth-order valence-corrected chi connectivity index (χ4v) is 3.45. The summed E-state index contributed by atoms with van der Waals surface area (Å²) in [7, 11) is 2.77. The van der Waals surface area contributed by atoms with Crippen LogP contribution in [-0.4, -0.2) is 58.3 Å². The molecular weight excluding hydrogens is 338 g/mol. The molecule has 0 N–H and O–H groups in total. The minimum atomic E-state index is -1.02. The van der Waals surface area contributed by atoms with Crippen molar-refractivity contribution in [1.29, 1.82) is 0 Å². The summed E-state index contributed by atoms with van der Waals surface area (Å²) in [6.07, 6.45) is 1.75. The van der Waals surface area contributed by atoms with Gasteiger partial charge in [-0.15, -0.1) is 0 Å². The topological polar surface area (TPSA) is 88.1 Å². The smallest absolute Gasteiger partial charge is 0.402 e. The zero-order valence-corrected chi connectivity index (χ0v) is 15.5. The Morgan fingerprint density at radius 1 is 1.42 bits per heavy atom. The van der Waals surface area contributed by atoms with Gasteiger partial charge in [0.2, 0.25) is 11.9 Å². The monoisotopic (exact) mass is 360 g/mol. The zero-order valence-electron chi connectivity index (χ0n) is 15.5. The molecule has 1 saturated heterocycles. The molecule has 1 fully saturated rings. The predicted octanol–water partition coefficient (Wildman–Crippen LogP) is 0.619. The third-order valence-corrected chi connectivity index (χ3v) is 5.01. The summed E-state index contributed by atoms with van der Waals surface area (Å²) in [5, 5.41) is 0. The SMILES string of the molecule is C=CC[n+]1c(C)c(C)n2c1N=C1C2C(=O)N(C(C)C(=O)OC)C(=O)N1C. The van der Waals surface area contributed by atoms with E-state index in [1.165, 1.54) is 18.9 Å². The molecule has 0 saturated carbocycles. The number of aromatic nitrogens is 2. The summed E-state index contributed by atoms with van der Waals surface area (Å²) in [4.78, 5) is 44.6. The lowest BCUT2D eigenvalue weighted by atomic mass is 10.1. The van der Waals surface area contributed by atoms with E-state index in [1.807, 2.05) is 18.4 Å². The first-order valence-electron chi connectivity index (χ1n) is 8.25. The van der Waals surface area contributed by atoms with Gasteiger partial charge in [0.1, 0.15) is 17.4 Å². The minimum absolute atomic E-state index is 0.351. The van der Waals surface area contributed by atoms with E-state index < -0.39 is 30.0 Å². The zero-order chi connectivity index (χ0) is 19.3. The standard InChI is InChI=1S/C17H22N5O4/c1-7-8-20-9(2)10(3)21-12-13(18-16(20)21)19(5)17(25)22(14(12)23)11(4)15(24)26-6/h7,11-12H,1,8H2,2-6H3/q+1. The van der Waals surface area contributed by atoms with Crippen molar-refractivity contribution in [3.63, 3.8) is 0 Å². The highest BCUT2D eigenvalue weighted by atomic mass is 16.5. The van der Waals surface area contributed by atoms with Gasteiger partial charge in [0.15, 0.2) is 0 Å². The van der Waals surface area contributed by atoms with Gasteiger partial charge in [-0.2, -0.15) is 0 Å². The summed E-state index contributed by atoms with van der Waals surface area (Å²) in [5.74, 6) is -0.210. The normalized spacial score (nSPS) is 19.9. The molecule has 2 atom stereocenters. The number of likely N-dealkylation sites (N-methyl/N-ethyl adjacent to an activating group) is 1. The molecule has 9 heteroatoms. The van der Waals surface area contributed by atoms with Crippen LogP contribution < -0.4 is 4.57 Å². The molecule has 2 aliphatic heterocycles. The Labute approximate surface area is 151 Å². The lowest BCUT2D eigenvalue weighted by molar-refractivity contribution is -0.679. The quantitative estimate of drug-likeness (QED) is 0.447. The number of esters is 1. The van der Waals surface area contributed by atoms with Gasteiger partial charge in [-0.25, -0.2) is 23.6 Å². The van der Waals surface area contributed by atoms with Crippen LogP contribution in [0.3, 0.4) is 0 Å². The van der Waals surface area contributed by atoms with Crippen LogP contribution in [0.15, 0.2) is 17.6 Å². The first-order valence-corrected chi connectivity index (χ1v) is 8.25. The van der Waals surface area contributed by atoms with E-state index in [0.717, 1.165) is 16.3 Å². The molecular formula is C17H22N5O4+. The summed E-state index contributed by atoms with van der Waals surface area (Å²) in [6.45, 7) is 9.60. The Morgan fingerprint density at radius 2 is 2.08 bits per heavy atom. The molecule has 9 nitrogen and oxygen atoms in total. The highest BCUT2D eigenvalue weighted by Crippen LogP contribution is 2.35. The lowest BCUT2D eigenvalue weighted by Crippen LogP contribution is -2.61. The second-order valence-corrected chi connectivity index (χ2v) is 6.36. The van der Waals surface area contributed by atoms with Gasteiger partial charge in [0.25, 0.3) is 5.91 Å². The third-order valence-electron chi connectivity index (χ3n) is 5.01. The Bertz CT molecular complexity index is 869. The summed E-state index contributed by atoms with van der Waals surface area (Å²) in [6, 6.07) is -2.41. The van der Waals surface area contributed by atoms with Crippen LogP contribution in [-0.2, 0) is 20.9 Å². The maximum Gasteiger partial charge on any atom is 0.402 e. The number of imide groups is 1. The number of carbonyl (C=O) groups excluding carboxylic acids is 3. The van der Waals surface area contributed by atoms with Crippen molar-refractivity contribution < 1.29 is 23.7 Å². The molecule has 0 spiro atoms. The number of imidazole rings is 1. The van der Waals surface area contributed by atoms with Crippen LogP contribution in [0.1, 0.15) is 24.4 Å². The van der Waals surface area contributed by atoms with Gasteiger partial charge >= 0.3 is 17.9 Å². The summed E-state index contributed by atoms with van der Waals surface area (Å²) < 4.78 is 8.44. The fraction of sp³-hybridized carbons (Fsp3) is 0.471. The number of amidine groups is 1. The molecule has 1 aromatic rings. The molecule has 3 rings (SSSR count). The van der Waals surface area contributed by atoms with Crippen molar-refractivity contribution in [2.75, 3.05) is 14.2 Å². The van der Waals surface area contributed by atoms with E-state index in [9.17, 15) is 14.4 Å². The molecule has 0 radical (unpaired) electrons. The van der Waals surface area contributed by atoms with Gasteiger partial charge in [-0.05, 0) is 20.8 Å². The van der Waals surface area contributed by atoms with Crippen LogP contribution >= 0.6 is 0 Å². The first-order chi connectivity index (χ1) is 12.3. The number of hydrogen-bond donors (Lipinski definition) is 0. The molecule has 26 heavy (non-hydrogen) atoms. The minimum Gasteiger partial charge on any atom is -0.467 e. The molecule has 0 aromatic carbocycles. The number of rotatable bonds is 4. The van der Waals surface area contributed by atoms with Gasteiger partial charge in [0, 0.05) is 7.05 Å². The molecule has 1 aromatic heterocycles. The highest BCUT2D eigenvalue weighted by Gasteiger charge is 2.55. The van der Waals surface area contributed by atoms with Crippen LogP contribution in [0, 0.1) is 13.8 Å². The number of urea groups is 1. The molecule has 2 aliphatic rings. The predicted molar refractivity (Wildman–Crippen MR) is 91.9 cm³/mol. The van der Waals surface area contributed by atoms with Crippen LogP contribution in [0.2, 0.25) is 0 Å². The Morgan fingerprint density at radius 3 is 2.65 bits per heavy atom. The van der Waals surface area contributed by atoms with Crippen molar-refractivity contribution in [3.8, 4) is 0 Å². The second-order valence-electron chi connectivity index (χ2n) is 6.36. The van der Waals surface area contributed by atoms with Gasteiger partial charge < -0.3 is 4.74 Å². The van der Waals surface area contributed by atoms with Crippen molar-refractivity contribution in [2.24, 2.45) is 4.99 Å². The van der Waals surface area contributed by atoms with Gasteiger partial charge in [-0.3, -0.25) is 9.69 Å². The number of methoxy groups -OCH3 is 1. The van der Waals surface area contributed by atoms with E-state index in [1.54, 1.807) is 17.7 Å². The van der Waals surface area contributed by atoms with E-state index >= 15 is 0 Å². The summed E-state index contributed by atoms with van der Waals surface area (Å²) >= 11 is 0. The number of aliphatic imine (C=N–C) groups is 1. The molecule has 3 heterocycles. The van der Waals surface area contributed by atoms with E-state index in [0.29, 0.717) is 18.3 Å². The molecule has 0 bridgehead atoms. The molecule has 3 amide bonds. The van der Waals surface area contributed by atoms with Crippen molar-refractivity contribution in [2.45, 2.75) is 39.4 Å². The lowest BCUT2D eigenvalue weighted by Gasteiger charge is -2.35. The van der Waals surface area contributed by atoms with E-state index in [2.05, 4.69) is 11.6 Å². The Balaban J connectivity index is 2.14. The molecule has 138 valence electrons. The number of fused-ring (bicyclic) bond motifs is 3. The maximum atomic E-state index is 13.2. The largest absolute Gasteiger partial charge is 0.467 e. The van der Waals surface area contributed by atoms with Gasteiger partial charge in [-0.1, -0.05) is 17.6 Å². The maximum absolute atomic E-state index is 13.2. The van der Waals surface area contributed by atoms with E-state index in [4.69, 9.17) is 4.74 Å². The van der Waals surface area contributed by atoms with Gasteiger partial charge in [0.05, 0.1) is 13.7 Å². The Kier molecular flexibility index (Phi) is 4.17. The van der Waals surface area contributed by atoms with Crippen LogP contribution in [0.25, 0.3) is 0 Å². The van der Waals surface area contributed by atoms with Crippen molar-refractivity contribution >= 4 is 29.7 Å². The summed E-state index contributed by atoms with van der Waals surface area (Å²) in [5.41, 5.74) is 1.83. The second kappa shape index (κ2) is 6.08. The van der Waals surface area contributed by atoms with E-state index in [-0.39, 0.29) is 0 Å². The van der Waals surface area contributed by atoms with Crippen molar-refractivity contribution in [3.05, 3.63) is 24.0 Å². The fourth-order valence-electron chi connectivity index (χ4n) is 3.45. The number of amides is 3. The highest BCUT2D eigenvalue weighted by molar-refractivity contribution is 6.21. The number of carbonyl (C=O) groups is 3. The average Bonchev–Trinajstić information content (AvgIpc) is 3.11. The molecule has 0 aliphatic carbocycles. The Hall–Kier alpha value is -2.97. The molecule has 2 unspecified atom stereocenters. The number of ether oxygens (including phenoxy) is 1. The number of hydrogen-bond acceptors (Lipinski definition) is 5. The average molecular weight is 360 g/mol. The third kappa shape index (κ3) is 2.19. The van der Waals surface area contributed by atoms with Crippen molar-refractivity contribution in [1.82, 2.24) is 14.4 Å². The number of nitrogens with zero attached hydrogens (tertiary/aromatic N) is 5. The number of allylic oxidation sites excluding steroid dienone is 1. The van der Waals surface area contributed by atoms with Crippen LogP contribution in [0.4, 0.5) is 10.7 Å². The van der Waals surface area contributed by atoms with Crippen LogP contribution in [0.5, 0.6) is 0 Å². The first kappa shape index (κ1) is 17.8.